The van der Waals surface area contributed by atoms with E-state index >= 15 is 0 Å². The molecule has 1 aromatic carbocycles. The van der Waals surface area contributed by atoms with E-state index in [1.807, 2.05) is 0 Å². The van der Waals surface area contributed by atoms with E-state index in [2.05, 4.69) is 28.4 Å². The fourth-order valence-electron chi connectivity index (χ4n) is 4.35. The van der Waals surface area contributed by atoms with Gasteiger partial charge in [0.1, 0.15) is 29.3 Å². The van der Waals surface area contributed by atoms with Crippen LogP contribution in [0.3, 0.4) is 0 Å². The second-order valence-corrected chi connectivity index (χ2v) is 7.88. The van der Waals surface area contributed by atoms with Gasteiger partial charge in [0.15, 0.2) is 11.4 Å². The molecule has 0 bridgehead atoms. The highest BCUT2D eigenvalue weighted by atomic mass is 16.5. The van der Waals surface area contributed by atoms with Crippen molar-refractivity contribution < 1.29 is 19.4 Å². The van der Waals surface area contributed by atoms with E-state index in [0.29, 0.717) is 46.6 Å². The molecule has 3 aromatic rings. The van der Waals surface area contributed by atoms with Crippen LogP contribution in [0.4, 0.5) is 5.82 Å². The molecule has 1 aliphatic carbocycles. The fourth-order valence-corrected chi connectivity index (χ4v) is 4.35. The first kappa shape index (κ1) is 22.3. The molecule has 0 amide bonds. The Bertz CT molecular complexity index is 1250. The van der Waals surface area contributed by atoms with E-state index in [1.165, 1.54) is 12.4 Å². The van der Waals surface area contributed by atoms with Crippen LogP contribution in [0.15, 0.2) is 37.2 Å². The van der Waals surface area contributed by atoms with Crippen LogP contribution >= 0.6 is 0 Å². The molecule has 0 radical (unpaired) electrons. The Morgan fingerprint density at radius 2 is 1.97 bits per heavy atom. The summed E-state index contributed by atoms with van der Waals surface area (Å²) < 4.78 is 12.4. The Balaban J connectivity index is 1.77. The Labute approximate surface area is 191 Å². The Kier molecular flexibility index (Phi) is 6.29. The number of ketones is 1. The van der Waals surface area contributed by atoms with Gasteiger partial charge in [0.25, 0.3) is 0 Å². The predicted molar refractivity (Wildman–Crippen MR) is 123 cm³/mol. The van der Waals surface area contributed by atoms with Crippen molar-refractivity contribution in [3.05, 3.63) is 48.4 Å². The highest BCUT2D eigenvalue weighted by Crippen LogP contribution is 2.41. The number of methoxy groups -OCH3 is 2. The summed E-state index contributed by atoms with van der Waals surface area (Å²) in [6.45, 7) is 3.51. The molecular formula is C24H25N5O4. The van der Waals surface area contributed by atoms with Crippen molar-refractivity contribution in [2.45, 2.75) is 18.9 Å². The number of anilines is 1. The van der Waals surface area contributed by atoms with Crippen LogP contribution in [0, 0.1) is 23.7 Å². The normalized spacial score (nSPS) is 19.7. The lowest BCUT2D eigenvalue weighted by Gasteiger charge is -2.12. The van der Waals surface area contributed by atoms with Crippen LogP contribution < -0.4 is 15.2 Å². The molecule has 4 rings (SSSR count). The third kappa shape index (κ3) is 4.25. The van der Waals surface area contributed by atoms with Crippen LogP contribution in [0.1, 0.15) is 30.1 Å². The third-order valence-electron chi connectivity index (χ3n) is 6.01. The van der Waals surface area contributed by atoms with Gasteiger partial charge in [-0.15, -0.1) is 0 Å². The average molecular weight is 447 g/mol. The molecule has 3 N–H and O–H groups in total. The molecule has 9 heteroatoms. The molecule has 0 aliphatic heterocycles. The molecular weight excluding hydrogens is 422 g/mol. The van der Waals surface area contributed by atoms with E-state index in [-0.39, 0.29) is 36.1 Å². The van der Waals surface area contributed by atoms with Crippen LogP contribution in [-0.2, 0) is 4.79 Å². The van der Waals surface area contributed by atoms with Gasteiger partial charge in [-0.3, -0.25) is 4.79 Å². The highest BCUT2D eigenvalue weighted by molar-refractivity contribution is 5.92. The Hall–Kier alpha value is -3.90. The van der Waals surface area contributed by atoms with Gasteiger partial charge in [-0.1, -0.05) is 12.5 Å². The predicted octanol–water partition coefficient (Wildman–Crippen LogP) is 2.14. The summed E-state index contributed by atoms with van der Waals surface area (Å²) in [4.78, 5) is 20.8. The van der Waals surface area contributed by atoms with Gasteiger partial charge in [-0.05, 0) is 42.9 Å². The summed E-state index contributed by atoms with van der Waals surface area (Å²) in [5.74, 6) is 7.12. The topological polar surface area (TPSA) is 125 Å². The zero-order valence-corrected chi connectivity index (χ0v) is 18.5. The van der Waals surface area contributed by atoms with E-state index < -0.39 is 0 Å². The fraction of sp³-hybridized carbons (Fsp3) is 0.333. The van der Waals surface area contributed by atoms with Crippen molar-refractivity contribution in [2.75, 3.05) is 26.6 Å². The van der Waals surface area contributed by atoms with Crippen molar-refractivity contribution in [3.8, 4) is 23.3 Å². The van der Waals surface area contributed by atoms with Crippen molar-refractivity contribution in [1.29, 1.82) is 0 Å². The largest absolute Gasteiger partial charge is 0.497 e. The van der Waals surface area contributed by atoms with Gasteiger partial charge >= 0.3 is 0 Å². The number of carbonyl (C=O) groups excluding carboxylic acids is 1. The van der Waals surface area contributed by atoms with Crippen molar-refractivity contribution in [3.63, 3.8) is 0 Å². The molecule has 9 nitrogen and oxygen atoms in total. The third-order valence-corrected chi connectivity index (χ3v) is 6.01. The first-order valence-corrected chi connectivity index (χ1v) is 10.5. The summed E-state index contributed by atoms with van der Waals surface area (Å²) in [6, 6.07) is 5.21. The average Bonchev–Trinajstić information content (AvgIpc) is 3.44. The van der Waals surface area contributed by atoms with Gasteiger partial charge in [0, 0.05) is 24.2 Å². The number of nitrogens with two attached hydrogens (primary N) is 1. The quantitative estimate of drug-likeness (QED) is 0.435. The molecule has 1 aliphatic rings. The molecule has 0 spiro atoms. The lowest BCUT2D eigenvalue weighted by Crippen LogP contribution is -2.19. The molecule has 3 atom stereocenters. The number of aromatic nitrogens is 4. The highest BCUT2D eigenvalue weighted by Gasteiger charge is 2.39. The molecule has 1 unspecified atom stereocenters. The molecule has 0 saturated heterocycles. The zero-order valence-electron chi connectivity index (χ0n) is 18.5. The van der Waals surface area contributed by atoms with Gasteiger partial charge in [0.2, 0.25) is 0 Å². The molecule has 170 valence electrons. The first-order valence-electron chi connectivity index (χ1n) is 10.5. The van der Waals surface area contributed by atoms with Crippen LogP contribution in [-0.4, -0.2) is 51.5 Å². The number of allylic oxidation sites excluding steroid dienone is 1. The number of hydrogen-bond donors (Lipinski definition) is 2. The van der Waals surface area contributed by atoms with E-state index in [9.17, 15) is 9.90 Å². The van der Waals surface area contributed by atoms with E-state index in [4.69, 9.17) is 20.3 Å². The van der Waals surface area contributed by atoms with Gasteiger partial charge < -0.3 is 20.3 Å². The maximum Gasteiger partial charge on any atom is 0.164 e. The van der Waals surface area contributed by atoms with Crippen LogP contribution in [0.25, 0.3) is 11.0 Å². The Morgan fingerprint density at radius 3 is 2.61 bits per heavy atom. The summed E-state index contributed by atoms with van der Waals surface area (Å²) in [5, 5.41) is 15.1. The number of nitrogens with zero attached hydrogens (tertiary/aromatic N) is 4. The van der Waals surface area contributed by atoms with Crippen molar-refractivity contribution in [2.24, 2.45) is 11.8 Å². The minimum Gasteiger partial charge on any atom is -0.497 e. The molecule has 1 saturated carbocycles. The summed E-state index contributed by atoms with van der Waals surface area (Å²) in [7, 11) is 3.15. The first-order chi connectivity index (χ1) is 16.0. The minimum atomic E-state index is -0.310. The van der Waals surface area contributed by atoms with Gasteiger partial charge in [-0.25, -0.2) is 14.6 Å². The van der Waals surface area contributed by atoms with Crippen LogP contribution in [0.2, 0.25) is 0 Å². The lowest BCUT2D eigenvalue weighted by atomic mass is 9.93. The Morgan fingerprint density at radius 1 is 1.24 bits per heavy atom. The number of nitrogen functional groups attached to an aromatic ring is 1. The number of carbonyl (C=O) groups is 1. The second kappa shape index (κ2) is 9.30. The van der Waals surface area contributed by atoms with Gasteiger partial charge in [-0.2, -0.15) is 5.10 Å². The number of aliphatic hydroxyl groups excluding tert-OH is 1. The molecule has 2 aromatic heterocycles. The maximum absolute atomic E-state index is 12.3. The van der Waals surface area contributed by atoms with Crippen molar-refractivity contribution >= 4 is 22.6 Å². The van der Waals surface area contributed by atoms with Crippen LogP contribution in [0.5, 0.6) is 11.5 Å². The zero-order chi connectivity index (χ0) is 23.5. The smallest absolute Gasteiger partial charge is 0.164 e. The number of aliphatic hydroxyl groups is 1. The monoisotopic (exact) mass is 447 g/mol. The summed E-state index contributed by atoms with van der Waals surface area (Å²) in [6.07, 6.45) is 3.80. The summed E-state index contributed by atoms with van der Waals surface area (Å²) >= 11 is 0. The minimum absolute atomic E-state index is 0.0749. The SMILES string of the molecule is C=CC(=O)C1C[C@@H](n2nc(C#Cc3cc(OC)cc(OC)c3)c3c(N)ncnc32)C[C@H]1CO. The van der Waals surface area contributed by atoms with E-state index in [1.54, 1.807) is 37.1 Å². The molecule has 2 heterocycles. The number of ether oxygens (including phenoxy) is 2. The standard InChI is InChI=1S/C24H25N5O4/c1-4-21(31)19-10-16(9-15(19)12-30)29-24-22(23(25)26-13-27-24)20(28-29)6-5-14-7-17(32-2)11-18(8-14)33-3/h4,7-8,11,13,15-16,19,30H,1,9-10,12H2,2-3H3,(H2,25,26,27)/t15-,16-,19?/m0/s1. The number of rotatable bonds is 6. The number of hydrogen-bond acceptors (Lipinski definition) is 8. The maximum atomic E-state index is 12.3. The molecule has 33 heavy (non-hydrogen) atoms. The number of fused-ring (bicyclic) bond motifs is 1. The van der Waals surface area contributed by atoms with E-state index in [0.717, 1.165) is 0 Å². The second-order valence-electron chi connectivity index (χ2n) is 7.88. The number of benzene rings is 1. The van der Waals surface area contributed by atoms with Gasteiger partial charge in [0.05, 0.1) is 25.6 Å². The van der Waals surface area contributed by atoms with Crippen molar-refractivity contribution in [1.82, 2.24) is 19.7 Å². The molecule has 1 fully saturated rings. The summed E-state index contributed by atoms with van der Waals surface area (Å²) in [5.41, 5.74) is 7.82. The lowest BCUT2D eigenvalue weighted by molar-refractivity contribution is -0.119.